The molecule has 0 radical (unpaired) electrons. The van der Waals surface area contributed by atoms with E-state index in [9.17, 15) is 10.1 Å². The zero-order valence-electron chi connectivity index (χ0n) is 13.7. The standard InChI is InChI=1S/C17H17N5O2S/c1-10-8-12-15(11-4-2-3-5-14(11)22(23)24)20-16(21-17(12)25-10)13-9-18-6-7-19-13/h2-5,8,13,18-19H,6-7,9H2,1H3. The highest BCUT2D eigenvalue weighted by Crippen LogP contribution is 2.36. The van der Waals surface area contributed by atoms with Crippen molar-refractivity contribution < 1.29 is 4.92 Å². The molecule has 1 aromatic carbocycles. The number of fused-ring (bicyclic) bond motifs is 1. The fourth-order valence-electron chi connectivity index (χ4n) is 3.09. The van der Waals surface area contributed by atoms with Crippen LogP contribution in [0.15, 0.2) is 30.3 Å². The Morgan fingerprint density at radius 1 is 1.28 bits per heavy atom. The third-order valence-corrected chi connectivity index (χ3v) is 5.19. The summed E-state index contributed by atoms with van der Waals surface area (Å²) < 4.78 is 0. The fraction of sp³-hybridized carbons (Fsp3) is 0.294. The number of nitrogens with zero attached hydrogens (tertiary/aromatic N) is 3. The molecule has 1 aliphatic heterocycles. The molecule has 0 amide bonds. The van der Waals surface area contributed by atoms with Gasteiger partial charge in [0.2, 0.25) is 0 Å². The normalized spacial score (nSPS) is 17.7. The van der Waals surface area contributed by atoms with Gasteiger partial charge in [-0.15, -0.1) is 11.3 Å². The highest BCUT2D eigenvalue weighted by atomic mass is 32.1. The van der Waals surface area contributed by atoms with E-state index in [0.717, 1.165) is 34.7 Å². The Bertz CT molecular complexity index is 949. The minimum atomic E-state index is -0.359. The van der Waals surface area contributed by atoms with Crippen molar-refractivity contribution >= 4 is 27.2 Å². The minimum absolute atomic E-state index is 0.00192. The SMILES string of the molecule is Cc1cc2c(-c3ccccc3[N+](=O)[O-])nc(C3CNCCN3)nc2s1. The van der Waals surface area contributed by atoms with Gasteiger partial charge in [-0.3, -0.25) is 10.1 Å². The second-order valence-electron chi connectivity index (χ2n) is 5.99. The van der Waals surface area contributed by atoms with Crippen LogP contribution >= 0.6 is 11.3 Å². The van der Waals surface area contributed by atoms with Crippen molar-refractivity contribution in [1.82, 2.24) is 20.6 Å². The van der Waals surface area contributed by atoms with Crippen molar-refractivity contribution in [2.45, 2.75) is 13.0 Å². The van der Waals surface area contributed by atoms with Crippen LogP contribution in [-0.4, -0.2) is 34.5 Å². The number of hydrogen-bond donors (Lipinski definition) is 2. The summed E-state index contributed by atoms with van der Waals surface area (Å²) >= 11 is 1.58. The number of para-hydroxylation sites is 1. The molecule has 3 heterocycles. The number of benzene rings is 1. The minimum Gasteiger partial charge on any atom is -0.313 e. The first-order valence-corrected chi connectivity index (χ1v) is 8.91. The molecule has 0 spiro atoms. The number of nitro groups is 1. The number of aryl methyl sites for hydroxylation is 1. The molecule has 0 saturated carbocycles. The molecule has 0 aliphatic carbocycles. The molecule has 7 nitrogen and oxygen atoms in total. The van der Waals surface area contributed by atoms with Gasteiger partial charge in [0.1, 0.15) is 10.7 Å². The Balaban J connectivity index is 1.94. The second kappa shape index (κ2) is 6.47. The largest absolute Gasteiger partial charge is 0.313 e. The van der Waals surface area contributed by atoms with Gasteiger partial charge in [0, 0.05) is 36.0 Å². The van der Waals surface area contributed by atoms with Crippen LogP contribution in [-0.2, 0) is 0 Å². The smallest absolute Gasteiger partial charge is 0.278 e. The lowest BCUT2D eigenvalue weighted by molar-refractivity contribution is -0.384. The van der Waals surface area contributed by atoms with Gasteiger partial charge in [-0.1, -0.05) is 12.1 Å². The van der Waals surface area contributed by atoms with E-state index < -0.39 is 0 Å². The van der Waals surface area contributed by atoms with Crippen molar-refractivity contribution in [3.63, 3.8) is 0 Å². The first-order chi connectivity index (χ1) is 12.1. The summed E-state index contributed by atoms with van der Waals surface area (Å²) in [5, 5.41) is 19.1. The van der Waals surface area contributed by atoms with Crippen molar-refractivity contribution in [3.8, 4) is 11.3 Å². The Morgan fingerprint density at radius 3 is 2.88 bits per heavy atom. The summed E-state index contributed by atoms with van der Waals surface area (Å²) in [6, 6.07) is 8.75. The topological polar surface area (TPSA) is 93.0 Å². The lowest BCUT2D eigenvalue weighted by atomic mass is 10.1. The quantitative estimate of drug-likeness (QED) is 0.554. The molecule has 0 bridgehead atoms. The Hall–Kier alpha value is -2.42. The summed E-state index contributed by atoms with van der Waals surface area (Å²) in [7, 11) is 0. The van der Waals surface area contributed by atoms with Crippen LogP contribution in [0.3, 0.4) is 0 Å². The van der Waals surface area contributed by atoms with E-state index in [0.29, 0.717) is 17.1 Å². The molecule has 1 unspecified atom stereocenters. The number of rotatable bonds is 3. The number of hydrogen-bond acceptors (Lipinski definition) is 7. The van der Waals surface area contributed by atoms with Gasteiger partial charge in [-0.25, -0.2) is 9.97 Å². The number of piperazine rings is 1. The van der Waals surface area contributed by atoms with Crippen LogP contribution in [0.1, 0.15) is 16.7 Å². The highest BCUT2D eigenvalue weighted by molar-refractivity contribution is 7.18. The van der Waals surface area contributed by atoms with Crippen molar-refractivity contribution in [3.05, 3.63) is 51.1 Å². The molecule has 2 N–H and O–H groups in total. The molecule has 1 fully saturated rings. The lowest BCUT2D eigenvalue weighted by Crippen LogP contribution is -2.43. The van der Waals surface area contributed by atoms with Crippen molar-refractivity contribution in [2.75, 3.05) is 19.6 Å². The Labute approximate surface area is 148 Å². The molecule has 4 rings (SSSR count). The molecular weight excluding hydrogens is 338 g/mol. The molecule has 1 aliphatic rings. The van der Waals surface area contributed by atoms with E-state index in [1.54, 1.807) is 29.5 Å². The van der Waals surface area contributed by atoms with Gasteiger partial charge in [-0.05, 0) is 19.1 Å². The average molecular weight is 355 g/mol. The van der Waals surface area contributed by atoms with Crippen LogP contribution in [0.4, 0.5) is 5.69 Å². The summed E-state index contributed by atoms with van der Waals surface area (Å²) in [6.07, 6.45) is 0. The van der Waals surface area contributed by atoms with Crippen LogP contribution < -0.4 is 10.6 Å². The van der Waals surface area contributed by atoms with E-state index >= 15 is 0 Å². The van der Waals surface area contributed by atoms with Gasteiger partial charge in [0.05, 0.1) is 22.2 Å². The zero-order valence-corrected chi connectivity index (χ0v) is 14.5. The predicted molar refractivity (Wildman–Crippen MR) is 97.9 cm³/mol. The van der Waals surface area contributed by atoms with Crippen molar-refractivity contribution in [1.29, 1.82) is 0 Å². The fourth-order valence-corrected chi connectivity index (χ4v) is 3.98. The van der Waals surface area contributed by atoms with Crippen LogP contribution in [0.2, 0.25) is 0 Å². The highest BCUT2D eigenvalue weighted by Gasteiger charge is 2.23. The maximum absolute atomic E-state index is 11.5. The molecule has 2 aromatic heterocycles. The second-order valence-corrected chi connectivity index (χ2v) is 7.23. The number of nitrogens with one attached hydrogen (secondary N) is 2. The Kier molecular flexibility index (Phi) is 4.16. The third kappa shape index (κ3) is 2.99. The molecular formula is C17H17N5O2S. The maximum Gasteiger partial charge on any atom is 0.278 e. The third-order valence-electron chi connectivity index (χ3n) is 4.24. The average Bonchev–Trinajstić information content (AvgIpc) is 3.01. The van der Waals surface area contributed by atoms with Crippen LogP contribution in [0.25, 0.3) is 21.5 Å². The van der Waals surface area contributed by atoms with E-state index in [2.05, 4.69) is 10.6 Å². The predicted octanol–water partition coefficient (Wildman–Crippen LogP) is 2.81. The first-order valence-electron chi connectivity index (χ1n) is 8.09. The van der Waals surface area contributed by atoms with Gasteiger partial charge in [-0.2, -0.15) is 0 Å². The zero-order chi connectivity index (χ0) is 17.4. The van der Waals surface area contributed by atoms with E-state index in [1.807, 2.05) is 13.0 Å². The summed E-state index contributed by atoms with van der Waals surface area (Å²) in [4.78, 5) is 22.5. The Morgan fingerprint density at radius 2 is 2.12 bits per heavy atom. The van der Waals surface area contributed by atoms with E-state index in [4.69, 9.17) is 9.97 Å². The monoisotopic (exact) mass is 355 g/mol. The molecule has 8 heteroatoms. The van der Waals surface area contributed by atoms with Gasteiger partial charge in [0.15, 0.2) is 0 Å². The van der Waals surface area contributed by atoms with E-state index in [1.165, 1.54) is 6.07 Å². The summed E-state index contributed by atoms with van der Waals surface area (Å²) in [5.74, 6) is 0.676. The summed E-state index contributed by atoms with van der Waals surface area (Å²) in [5.41, 5.74) is 1.22. The molecule has 3 aromatic rings. The van der Waals surface area contributed by atoms with Crippen LogP contribution in [0.5, 0.6) is 0 Å². The van der Waals surface area contributed by atoms with Gasteiger partial charge >= 0.3 is 0 Å². The number of aromatic nitrogens is 2. The van der Waals surface area contributed by atoms with E-state index in [-0.39, 0.29) is 16.7 Å². The number of nitro benzene ring substituents is 1. The van der Waals surface area contributed by atoms with Crippen molar-refractivity contribution in [2.24, 2.45) is 0 Å². The molecule has 128 valence electrons. The molecule has 1 saturated heterocycles. The molecule has 25 heavy (non-hydrogen) atoms. The van der Waals surface area contributed by atoms with Gasteiger partial charge in [0.25, 0.3) is 5.69 Å². The van der Waals surface area contributed by atoms with Crippen LogP contribution in [0, 0.1) is 17.0 Å². The lowest BCUT2D eigenvalue weighted by Gasteiger charge is -2.23. The number of thiophene rings is 1. The maximum atomic E-state index is 11.5. The van der Waals surface area contributed by atoms with Gasteiger partial charge < -0.3 is 10.6 Å². The first kappa shape index (κ1) is 16.1. The molecule has 1 atom stereocenters. The summed E-state index contributed by atoms with van der Waals surface area (Å²) in [6.45, 7) is 4.51.